The van der Waals surface area contributed by atoms with Crippen LogP contribution in [0.4, 0.5) is 0 Å². The third-order valence-corrected chi connectivity index (χ3v) is 4.05. The first-order chi connectivity index (χ1) is 11.8. The highest BCUT2D eigenvalue weighted by atomic mass is 35.5. The molecule has 0 atom stereocenters. The van der Waals surface area contributed by atoms with Crippen molar-refractivity contribution in [1.29, 1.82) is 0 Å². The predicted octanol–water partition coefficient (Wildman–Crippen LogP) is 4.47. The first-order valence-electron chi connectivity index (χ1n) is 7.31. The number of ether oxygens (including phenoxy) is 2. The number of para-hydroxylation sites is 2. The lowest BCUT2D eigenvalue weighted by atomic mass is 10.3. The molecule has 3 aromatic rings. The fourth-order valence-corrected chi connectivity index (χ4v) is 2.65. The van der Waals surface area contributed by atoms with Gasteiger partial charge in [0.05, 0.1) is 11.6 Å². The van der Waals surface area contributed by atoms with Gasteiger partial charge in [0.2, 0.25) is 0 Å². The number of rotatable bonds is 8. The van der Waals surface area contributed by atoms with Gasteiger partial charge in [0.15, 0.2) is 6.61 Å². The van der Waals surface area contributed by atoms with E-state index in [9.17, 15) is 0 Å². The molecule has 0 aliphatic rings. The van der Waals surface area contributed by atoms with Crippen molar-refractivity contribution in [3.05, 3.63) is 65.5 Å². The van der Waals surface area contributed by atoms with Crippen LogP contribution in [0.25, 0.3) is 0 Å². The molecule has 1 aromatic heterocycles. The van der Waals surface area contributed by atoms with Crippen LogP contribution in [0.5, 0.6) is 11.5 Å². The number of hydrogen-bond donors (Lipinski definition) is 0. The first kappa shape index (κ1) is 16.7. The molecule has 0 aliphatic carbocycles. The van der Waals surface area contributed by atoms with E-state index in [1.54, 1.807) is 12.1 Å². The largest absolute Gasteiger partial charge is 0.493 e. The molecule has 1 heterocycles. The molecule has 124 valence electrons. The molecule has 0 saturated heterocycles. The molecule has 2 aromatic carbocycles. The topological polar surface area (TPSA) is 57.4 Å². The van der Waals surface area contributed by atoms with Crippen molar-refractivity contribution in [2.45, 2.75) is 11.8 Å². The second-order valence-electron chi connectivity index (χ2n) is 4.69. The summed E-state index contributed by atoms with van der Waals surface area (Å²) in [6.45, 7) is 0.736. The number of halogens is 1. The Morgan fingerprint density at radius 1 is 0.958 bits per heavy atom. The van der Waals surface area contributed by atoms with Crippen molar-refractivity contribution in [3.8, 4) is 11.5 Å². The van der Waals surface area contributed by atoms with E-state index in [1.165, 1.54) is 11.8 Å². The van der Waals surface area contributed by atoms with Gasteiger partial charge >= 0.3 is 0 Å². The third-order valence-electron chi connectivity index (χ3n) is 2.96. The molecule has 0 aliphatic heterocycles. The maximum atomic E-state index is 6.02. The minimum absolute atomic E-state index is 0.178. The lowest BCUT2D eigenvalue weighted by Gasteiger charge is -2.04. The van der Waals surface area contributed by atoms with Crippen molar-refractivity contribution in [3.63, 3.8) is 0 Å². The lowest BCUT2D eigenvalue weighted by Crippen LogP contribution is -1.99. The zero-order valence-corrected chi connectivity index (χ0v) is 14.3. The summed E-state index contributed by atoms with van der Waals surface area (Å²) in [5, 5.41) is 8.96. The fraction of sp³-hybridized carbons (Fsp3) is 0.176. The maximum Gasteiger partial charge on any atom is 0.276 e. The number of benzene rings is 2. The maximum absolute atomic E-state index is 6.02. The van der Waals surface area contributed by atoms with Gasteiger partial charge < -0.3 is 13.9 Å². The summed E-state index contributed by atoms with van der Waals surface area (Å²) in [6, 6.07) is 16.9. The quantitative estimate of drug-likeness (QED) is 0.435. The summed E-state index contributed by atoms with van der Waals surface area (Å²) >= 11 is 7.46. The highest BCUT2D eigenvalue weighted by molar-refractivity contribution is 7.99. The Hall–Kier alpha value is -2.18. The average Bonchev–Trinajstić information content (AvgIpc) is 3.07. The summed E-state index contributed by atoms with van der Waals surface area (Å²) in [5.74, 6) is 2.55. The van der Waals surface area contributed by atoms with E-state index in [0.717, 1.165) is 5.75 Å². The van der Waals surface area contributed by atoms with Crippen LogP contribution < -0.4 is 9.47 Å². The Morgan fingerprint density at radius 3 is 2.58 bits per heavy atom. The average molecular weight is 363 g/mol. The van der Waals surface area contributed by atoms with Crippen LogP contribution in [-0.2, 0) is 6.61 Å². The summed E-state index contributed by atoms with van der Waals surface area (Å²) < 4.78 is 16.7. The fourth-order valence-electron chi connectivity index (χ4n) is 1.86. The molecule has 24 heavy (non-hydrogen) atoms. The van der Waals surface area contributed by atoms with Crippen molar-refractivity contribution < 1.29 is 13.9 Å². The SMILES string of the molecule is Clc1ccccc1OCc1nnc(SCCOc2ccccc2)o1. The zero-order valence-electron chi connectivity index (χ0n) is 12.7. The summed E-state index contributed by atoms with van der Waals surface area (Å²) in [6.07, 6.45) is 0. The number of nitrogens with zero attached hydrogens (tertiary/aromatic N) is 2. The van der Waals surface area contributed by atoms with Gasteiger partial charge in [-0.25, -0.2) is 0 Å². The Kier molecular flexibility index (Phi) is 5.98. The highest BCUT2D eigenvalue weighted by Gasteiger charge is 2.08. The van der Waals surface area contributed by atoms with E-state index < -0.39 is 0 Å². The molecular weight excluding hydrogens is 348 g/mol. The van der Waals surface area contributed by atoms with E-state index in [1.807, 2.05) is 42.5 Å². The molecule has 0 unspecified atom stereocenters. The van der Waals surface area contributed by atoms with Gasteiger partial charge in [-0.15, -0.1) is 10.2 Å². The molecule has 7 heteroatoms. The van der Waals surface area contributed by atoms with Crippen molar-refractivity contribution in [2.24, 2.45) is 0 Å². The van der Waals surface area contributed by atoms with Crippen LogP contribution in [0.15, 0.2) is 64.2 Å². The molecule has 0 N–H and O–H groups in total. The zero-order chi connectivity index (χ0) is 16.6. The van der Waals surface area contributed by atoms with Gasteiger partial charge in [-0.3, -0.25) is 0 Å². The van der Waals surface area contributed by atoms with Crippen molar-refractivity contribution >= 4 is 23.4 Å². The Labute approximate surface area is 148 Å². The van der Waals surface area contributed by atoms with Gasteiger partial charge in [-0.2, -0.15) is 0 Å². The van der Waals surface area contributed by atoms with Gasteiger partial charge in [0, 0.05) is 5.75 Å². The molecule has 5 nitrogen and oxygen atoms in total. The van der Waals surface area contributed by atoms with E-state index in [-0.39, 0.29) is 6.61 Å². The van der Waals surface area contributed by atoms with Gasteiger partial charge in [0.25, 0.3) is 11.1 Å². The molecule has 0 fully saturated rings. The second-order valence-corrected chi connectivity index (χ2v) is 6.14. The van der Waals surface area contributed by atoms with E-state index in [0.29, 0.717) is 34.2 Å². The number of hydrogen-bond acceptors (Lipinski definition) is 6. The van der Waals surface area contributed by atoms with E-state index in [4.69, 9.17) is 25.5 Å². The van der Waals surface area contributed by atoms with Crippen molar-refractivity contribution in [2.75, 3.05) is 12.4 Å². The Bertz CT molecular complexity index is 767. The molecular formula is C17H15ClN2O3S. The Balaban J connectivity index is 1.41. The minimum Gasteiger partial charge on any atom is -0.493 e. The highest BCUT2D eigenvalue weighted by Crippen LogP contribution is 2.24. The van der Waals surface area contributed by atoms with Crippen LogP contribution in [0.2, 0.25) is 5.02 Å². The summed E-state index contributed by atoms with van der Waals surface area (Å²) in [5.41, 5.74) is 0. The molecule has 3 rings (SSSR count). The lowest BCUT2D eigenvalue weighted by molar-refractivity contribution is 0.252. The van der Waals surface area contributed by atoms with Gasteiger partial charge in [-0.1, -0.05) is 53.7 Å². The minimum atomic E-state index is 0.178. The normalized spacial score (nSPS) is 10.5. The van der Waals surface area contributed by atoms with Gasteiger partial charge in [-0.05, 0) is 24.3 Å². The smallest absolute Gasteiger partial charge is 0.276 e. The van der Waals surface area contributed by atoms with Gasteiger partial charge in [0.1, 0.15) is 11.5 Å². The summed E-state index contributed by atoms with van der Waals surface area (Å²) in [4.78, 5) is 0. The molecule has 0 radical (unpaired) electrons. The van der Waals surface area contributed by atoms with E-state index in [2.05, 4.69) is 10.2 Å². The first-order valence-corrected chi connectivity index (χ1v) is 8.68. The molecule has 0 amide bonds. The Morgan fingerprint density at radius 2 is 1.75 bits per heavy atom. The van der Waals surface area contributed by atoms with E-state index >= 15 is 0 Å². The van der Waals surface area contributed by atoms with Crippen LogP contribution in [-0.4, -0.2) is 22.6 Å². The van der Waals surface area contributed by atoms with Crippen molar-refractivity contribution in [1.82, 2.24) is 10.2 Å². The molecule has 0 saturated carbocycles. The third kappa shape index (κ3) is 4.91. The molecule has 0 bridgehead atoms. The molecule has 0 spiro atoms. The number of thioether (sulfide) groups is 1. The second kappa shape index (κ2) is 8.61. The number of aromatic nitrogens is 2. The van der Waals surface area contributed by atoms with Crippen LogP contribution in [0, 0.1) is 0 Å². The monoisotopic (exact) mass is 362 g/mol. The van der Waals surface area contributed by atoms with Crippen LogP contribution >= 0.6 is 23.4 Å². The van der Waals surface area contributed by atoms with Crippen LogP contribution in [0.3, 0.4) is 0 Å². The van der Waals surface area contributed by atoms with Crippen LogP contribution in [0.1, 0.15) is 5.89 Å². The summed E-state index contributed by atoms with van der Waals surface area (Å²) in [7, 11) is 0. The standard InChI is InChI=1S/C17H15ClN2O3S/c18-14-8-4-5-9-15(14)22-12-16-19-20-17(23-16)24-11-10-21-13-6-2-1-3-7-13/h1-9H,10-12H2. The predicted molar refractivity (Wildman–Crippen MR) is 92.7 cm³/mol.